The standard InChI is InChI=1S/C12H14ClNS/c1-14-6-2-5-12(14)11-4-3-10(13)7-9(11)8-15-12/h3-4,7H,2,5-6,8H2,1H3. The second kappa shape index (κ2) is 3.41. The van der Waals surface area contributed by atoms with Crippen molar-refractivity contribution in [1.29, 1.82) is 0 Å². The first kappa shape index (κ1) is 10.0. The minimum Gasteiger partial charge on any atom is -0.288 e. The molecule has 2 aliphatic heterocycles. The van der Waals surface area contributed by atoms with E-state index in [9.17, 15) is 0 Å². The number of hydrogen-bond acceptors (Lipinski definition) is 2. The maximum absolute atomic E-state index is 6.03. The molecule has 1 saturated heterocycles. The van der Waals surface area contributed by atoms with Crippen molar-refractivity contribution >= 4 is 23.4 Å². The molecule has 2 aliphatic rings. The van der Waals surface area contributed by atoms with Crippen molar-refractivity contribution in [2.45, 2.75) is 23.5 Å². The van der Waals surface area contributed by atoms with E-state index in [0.29, 0.717) is 0 Å². The van der Waals surface area contributed by atoms with E-state index >= 15 is 0 Å². The van der Waals surface area contributed by atoms with Crippen LogP contribution in [0, 0.1) is 0 Å². The third kappa shape index (κ3) is 1.35. The molecule has 3 heteroatoms. The Bertz CT molecular complexity index is 407. The largest absolute Gasteiger partial charge is 0.288 e. The number of hydrogen-bond donors (Lipinski definition) is 0. The summed E-state index contributed by atoms with van der Waals surface area (Å²) >= 11 is 8.10. The number of likely N-dealkylation sites (tertiary alicyclic amines) is 1. The fraction of sp³-hybridized carbons (Fsp3) is 0.500. The minimum atomic E-state index is 0.264. The van der Waals surface area contributed by atoms with Crippen LogP contribution in [0.4, 0.5) is 0 Å². The lowest BCUT2D eigenvalue weighted by Gasteiger charge is -2.32. The molecule has 0 aliphatic carbocycles. The highest BCUT2D eigenvalue weighted by Gasteiger charge is 2.45. The van der Waals surface area contributed by atoms with Gasteiger partial charge in [-0.25, -0.2) is 0 Å². The maximum Gasteiger partial charge on any atom is 0.0930 e. The zero-order chi connectivity index (χ0) is 10.5. The highest BCUT2D eigenvalue weighted by atomic mass is 35.5. The van der Waals surface area contributed by atoms with Gasteiger partial charge in [-0.05, 0) is 49.7 Å². The summed E-state index contributed by atoms with van der Waals surface area (Å²) in [5.41, 5.74) is 2.93. The smallest absolute Gasteiger partial charge is 0.0930 e. The molecule has 1 atom stereocenters. The Morgan fingerprint density at radius 3 is 3.07 bits per heavy atom. The van der Waals surface area contributed by atoms with Crippen molar-refractivity contribution in [3.05, 3.63) is 34.3 Å². The highest BCUT2D eigenvalue weighted by Crippen LogP contribution is 2.54. The van der Waals surface area contributed by atoms with Gasteiger partial charge in [0.2, 0.25) is 0 Å². The Morgan fingerprint density at radius 2 is 2.33 bits per heavy atom. The van der Waals surface area contributed by atoms with Crippen LogP contribution in [0.1, 0.15) is 24.0 Å². The number of fused-ring (bicyclic) bond motifs is 2. The van der Waals surface area contributed by atoms with Crippen LogP contribution in [0.3, 0.4) is 0 Å². The Kier molecular flexibility index (Phi) is 2.27. The first-order chi connectivity index (χ1) is 7.22. The highest BCUT2D eigenvalue weighted by molar-refractivity contribution is 7.99. The molecule has 2 heterocycles. The number of thioether (sulfide) groups is 1. The molecule has 1 unspecified atom stereocenters. The first-order valence-corrected chi connectivity index (χ1v) is 6.73. The second-order valence-electron chi connectivity index (χ2n) is 4.40. The van der Waals surface area contributed by atoms with Gasteiger partial charge >= 0.3 is 0 Å². The molecule has 0 bridgehead atoms. The first-order valence-electron chi connectivity index (χ1n) is 5.36. The molecule has 1 aromatic carbocycles. The van der Waals surface area contributed by atoms with Crippen LogP contribution in [0.25, 0.3) is 0 Å². The average Bonchev–Trinajstić information content (AvgIpc) is 2.75. The molecule has 0 saturated carbocycles. The van der Waals surface area contributed by atoms with Crippen molar-refractivity contribution in [2.75, 3.05) is 13.6 Å². The second-order valence-corrected chi connectivity index (χ2v) is 6.09. The molecule has 3 rings (SSSR count). The molecule has 1 aromatic rings. The lowest BCUT2D eigenvalue weighted by molar-refractivity contribution is 0.283. The van der Waals surface area contributed by atoms with Gasteiger partial charge in [0, 0.05) is 10.8 Å². The molecular formula is C12H14ClNS. The summed E-state index contributed by atoms with van der Waals surface area (Å²) in [7, 11) is 2.24. The summed E-state index contributed by atoms with van der Waals surface area (Å²) in [6, 6.07) is 6.38. The van der Waals surface area contributed by atoms with Gasteiger partial charge in [0.1, 0.15) is 0 Å². The number of benzene rings is 1. The summed E-state index contributed by atoms with van der Waals surface area (Å²) < 4.78 is 0. The molecule has 1 fully saturated rings. The summed E-state index contributed by atoms with van der Waals surface area (Å²) in [4.78, 5) is 2.76. The predicted octanol–water partition coefficient (Wildman–Crippen LogP) is 3.47. The molecule has 1 spiro atoms. The van der Waals surface area contributed by atoms with Crippen LogP contribution in [0.5, 0.6) is 0 Å². The van der Waals surface area contributed by atoms with Crippen LogP contribution >= 0.6 is 23.4 Å². The normalized spacial score (nSPS) is 30.0. The lowest BCUT2D eigenvalue weighted by Crippen LogP contribution is -2.33. The van der Waals surface area contributed by atoms with Crippen molar-refractivity contribution < 1.29 is 0 Å². The van der Waals surface area contributed by atoms with Crippen LogP contribution in [0.2, 0.25) is 5.02 Å². The molecule has 0 aromatic heterocycles. The van der Waals surface area contributed by atoms with Crippen molar-refractivity contribution in [3.8, 4) is 0 Å². The van der Waals surface area contributed by atoms with Gasteiger partial charge in [-0.3, -0.25) is 4.90 Å². The van der Waals surface area contributed by atoms with E-state index < -0.39 is 0 Å². The van der Waals surface area contributed by atoms with Crippen LogP contribution in [-0.2, 0) is 10.6 Å². The van der Waals surface area contributed by atoms with Crippen molar-refractivity contribution in [2.24, 2.45) is 0 Å². The molecule has 0 amide bonds. The van der Waals surface area contributed by atoms with E-state index in [1.807, 2.05) is 6.07 Å². The third-order valence-electron chi connectivity index (χ3n) is 3.58. The van der Waals surface area contributed by atoms with E-state index in [-0.39, 0.29) is 4.87 Å². The lowest BCUT2D eigenvalue weighted by atomic mass is 9.99. The summed E-state index contributed by atoms with van der Waals surface area (Å²) in [6.45, 7) is 1.22. The van der Waals surface area contributed by atoms with Crippen LogP contribution in [-0.4, -0.2) is 18.5 Å². The summed E-state index contributed by atoms with van der Waals surface area (Å²) in [5.74, 6) is 1.11. The van der Waals surface area contributed by atoms with Gasteiger partial charge in [0.15, 0.2) is 0 Å². The number of nitrogens with zero attached hydrogens (tertiary/aromatic N) is 1. The zero-order valence-electron chi connectivity index (χ0n) is 8.79. The third-order valence-corrected chi connectivity index (χ3v) is 5.48. The summed E-state index contributed by atoms with van der Waals surface area (Å²) in [5, 5.41) is 0.868. The SMILES string of the molecule is CN1CCCC12SCc1cc(Cl)ccc12. The number of rotatable bonds is 0. The Labute approximate surface area is 99.8 Å². The fourth-order valence-corrected chi connectivity index (χ4v) is 4.57. The van der Waals surface area contributed by atoms with E-state index in [1.54, 1.807) is 0 Å². The van der Waals surface area contributed by atoms with Crippen LogP contribution in [0.15, 0.2) is 18.2 Å². The molecular weight excluding hydrogens is 226 g/mol. The van der Waals surface area contributed by atoms with Crippen molar-refractivity contribution in [1.82, 2.24) is 4.90 Å². The van der Waals surface area contributed by atoms with E-state index in [1.165, 1.54) is 30.5 Å². The van der Waals surface area contributed by atoms with Crippen LogP contribution < -0.4 is 0 Å². The van der Waals surface area contributed by atoms with Gasteiger partial charge < -0.3 is 0 Å². The number of halogens is 1. The quantitative estimate of drug-likeness (QED) is 0.682. The minimum absolute atomic E-state index is 0.264. The molecule has 1 nitrogen and oxygen atoms in total. The summed E-state index contributed by atoms with van der Waals surface area (Å²) in [6.07, 6.45) is 2.59. The molecule has 15 heavy (non-hydrogen) atoms. The van der Waals surface area contributed by atoms with Gasteiger partial charge in [-0.1, -0.05) is 17.7 Å². The van der Waals surface area contributed by atoms with Gasteiger partial charge in [0.05, 0.1) is 4.87 Å². The van der Waals surface area contributed by atoms with Gasteiger partial charge in [-0.15, -0.1) is 11.8 Å². The van der Waals surface area contributed by atoms with E-state index in [2.05, 4.69) is 35.8 Å². The Hall–Kier alpha value is -0.180. The Balaban J connectivity index is 2.11. The molecule has 0 radical (unpaired) electrons. The zero-order valence-corrected chi connectivity index (χ0v) is 10.4. The topological polar surface area (TPSA) is 3.24 Å². The average molecular weight is 240 g/mol. The molecule has 80 valence electrons. The maximum atomic E-state index is 6.03. The van der Waals surface area contributed by atoms with E-state index in [0.717, 1.165) is 10.8 Å². The van der Waals surface area contributed by atoms with Gasteiger partial charge in [-0.2, -0.15) is 0 Å². The fourth-order valence-electron chi connectivity index (χ4n) is 2.79. The predicted molar refractivity (Wildman–Crippen MR) is 66.3 cm³/mol. The Morgan fingerprint density at radius 1 is 1.47 bits per heavy atom. The molecule has 0 N–H and O–H groups in total. The van der Waals surface area contributed by atoms with Crippen molar-refractivity contribution in [3.63, 3.8) is 0 Å². The van der Waals surface area contributed by atoms with Gasteiger partial charge in [0.25, 0.3) is 0 Å². The monoisotopic (exact) mass is 239 g/mol. The van der Waals surface area contributed by atoms with E-state index in [4.69, 9.17) is 11.6 Å².